The van der Waals surface area contributed by atoms with Crippen molar-refractivity contribution >= 4 is 17.5 Å². The summed E-state index contributed by atoms with van der Waals surface area (Å²) in [7, 11) is 0. The molecule has 3 nitrogen and oxygen atoms in total. The lowest BCUT2D eigenvalue weighted by molar-refractivity contribution is 0.104. The molecule has 0 amide bonds. The van der Waals surface area contributed by atoms with Gasteiger partial charge < -0.3 is 10.0 Å². The van der Waals surface area contributed by atoms with Gasteiger partial charge in [-0.15, -0.1) is 0 Å². The topological polar surface area (TPSA) is 40.5 Å². The molecule has 1 heterocycles. The van der Waals surface area contributed by atoms with Crippen LogP contribution in [0.15, 0.2) is 54.6 Å². The summed E-state index contributed by atoms with van der Waals surface area (Å²) in [5.41, 5.74) is 2.78. The van der Waals surface area contributed by atoms with Crippen LogP contribution in [0.25, 0.3) is 6.08 Å². The lowest BCUT2D eigenvalue weighted by atomic mass is 10.1. The number of hydrogen-bond donors (Lipinski definition) is 1. The molecule has 1 aliphatic rings. The van der Waals surface area contributed by atoms with Crippen molar-refractivity contribution in [2.75, 3.05) is 18.0 Å². The van der Waals surface area contributed by atoms with E-state index in [-0.39, 0.29) is 11.5 Å². The molecule has 2 aromatic carbocycles. The first-order valence-electron chi connectivity index (χ1n) is 8.09. The van der Waals surface area contributed by atoms with Crippen LogP contribution in [0.1, 0.15) is 35.2 Å². The molecule has 0 aromatic heterocycles. The summed E-state index contributed by atoms with van der Waals surface area (Å²) in [6, 6.07) is 14.6. The number of phenols is 1. The lowest BCUT2D eigenvalue weighted by Gasteiger charge is -2.28. The van der Waals surface area contributed by atoms with Crippen LogP contribution >= 0.6 is 0 Å². The van der Waals surface area contributed by atoms with Crippen molar-refractivity contribution in [2.45, 2.75) is 19.3 Å². The second-order valence-electron chi connectivity index (χ2n) is 5.88. The summed E-state index contributed by atoms with van der Waals surface area (Å²) in [6.45, 7) is 2.21. The largest absolute Gasteiger partial charge is 0.508 e. The van der Waals surface area contributed by atoms with Gasteiger partial charge in [0.1, 0.15) is 5.75 Å². The number of carbonyl (C=O) groups excluding carboxylic acids is 1. The molecule has 0 spiro atoms. The number of anilines is 1. The van der Waals surface area contributed by atoms with Crippen LogP contribution in [0.4, 0.5) is 5.69 Å². The number of aromatic hydroxyl groups is 1. The fraction of sp³-hybridized carbons (Fsp3) is 0.250. The van der Waals surface area contributed by atoms with Crippen LogP contribution in [0.2, 0.25) is 0 Å². The van der Waals surface area contributed by atoms with Crippen LogP contribution < -0.4 is 4.90 Å². The molecule has 1 fully saturated rings. The van der Waals surface area contributed by atoms with Crippen molar-refractivity contribution < 1.29 is 9.90 Å². The second kappa shape index (κ2) is 7.14. The van der Waals surface area contributed by atoms with Crippen molar-refractivity contribution in [3.05, 3.63) is 65.7 Å². The minimum absolute atomic E-state index is 0.0109. The SMILES string of the molecule is O=C(/C=C/c1ccc(O)cc1)c1ccc(N2CCCCC2)cc1. The average molecular weight is 307 g/mol. The standard InChI is InChI=1S/C20H21NO2/c22-19-11-4-16(5-12-19)6-13-20(23)17-7-9-18(10-8-17)21-14-2-1-3-15-21/h4-13,22H,1-3,14-15H2/b13-6+. The Morgan fingerprint density at radius 3 is 2.22 bits per heavy atom. The predicted molar refractivity (Wildman–Crippen MR) is 94.0 cm³/mol. The molecule has 1 saturated heterocycles. The highest BCUT2D eigenvalue weighted by Crippen LogP contribution is 2.20. The third kappa shape index (κ3) is 4.01. The number of piperidine rings is 1. The lowest BCUT2D eigenvalue weighted by Crippen LogP contribution is -2.29. The van der Waals surface area contributed by atoms with Crippen molar-refractivity contribution in [1.82, 2.24) is 0 Å². The third-order valence-corrected chi connectivity index (χ3v) is 4.19. The molecule has 118 valence electrons. The average Bonchev–Trinajstić information content (AvgIpc) is 2.62. The highest BCUT2D eigenvalue weighted by molar-refractivity contribution is 6.06. The Bertz CT molecular complexity index is 681. The van der Waals surface area contributed by atoms with E-state index in [0.717, 1.165) is 18.7 Å². The monoisotopic (exact) mass is 307 g/mol. The van der Waals surface area contributed by atoms with Crippen LogP contribution in [-0.4, -0.2) is 24.0 Å². The molecular weight excluding hydrogens is 286 g/mol. The second-order valence-corrected chi connectivity index (χ2v) is 5.88. The van der Waals surface area contributed by atoms with Gasteiger partial charge in [-0.1, -0.05) is 18.2 Å². The van der Waals surface area contributed by atoms with E-state index in [9.17, 15) is 9.90 Å². The number of allylic oxidation sites excluding steroid dienone is 1. The van der Waals surface area contributed by atoms with Crippen LogP contribution in [0.3, 0.4) is 0 Å². The Morgan fingerprint density at radius 1 is 0.913 bits per heavy atom. The number of nitrogens with zero attached hydrogens (tertiary/aromatic N) is 1. The normalized spacial score (nSPS) is 15.0. The quantitative estimate of drug-likeness (QED) is 0.677. The summed E-state index contributed by atoms with van der Waals surface area (Å²) in [5, 5.41) is 9.25. The molecule has 0 aliphatic carbocycles. The van der Waals surface area contributed by atoms with Gasteiger partial charge in [0.25, 0.3) is 0 Å². The molecule has 1 aliphatic heterocycles. The van der Waals surface area contributed by atoms with Gasteiger partial charge >= 0.3 is 0 Å². The smallest absolute Gasteiger partial charge is 0.185 e. The summed E-state index contributed by atoms with van der Waals surface area (Å²) in [5.74, 6) is 0.213. The Morgan fingerprint density at radius 2 is 1.57 bits per heavy atom. The van der Waals surface area contributed by atoms with Gasteiger partial charge in [-0.2, -0.15) is 0 Å². The number of rotatable bonds is 4. The molecule has 0 atom stereocenters. The van der Waals surface area contributed by atoms with Gasteiger partial charge in [0, 0.05) is 24.3 Å². The first-order valence-corrected chi connectivity index (χ1v) is 8.09. The van der Waals surface area contributed by atoms with Gasteiger partial charge in [-0.05, 0) is 67.3 Å². The fourth-order valence-electron chi connectivity index (χ4n) is 2.84. The van der Waals surface area contributed by atoms with Crippen molar-refractivity contribution in [1.29, 1.82) is 0 Å². The van der Waals surface area contributed by atoms with Gasteiger partial charge in [-0.3, -0.25) is 4.79 Å². The van der Waals surface area contributed by atoms with Crippen molar-refractivity contribution in [3.8, 4) is 5.75 Å². The molecule has 2 aromatic rings. The van der Waals surface area contributed by atoms with E-state index < -0.39 is 0 Å². The zero-order chi connectivity index (χ0) is 16.1. The molecule has 23 heavy (non-hydrogen) atoms. The Hall–Kier alpha value is -2.55. The van der Waals surface area contributed by atoms with Gasteiger partial charge in [-0.25, -0.2) is 0 Å². The zero-order valence-corrected chi connectivity index (χ0v) is 13.1. The summed E-state index contributed by atoms with van der Waals surface area (Å²) >= 11 is 0. The molecule has 1 N–H and O–H groups in total. The highest BCUT2D eigenvalue weighted by Gasteiger charge is 2.11. The summed E-state index contributed by atoms with van der Waals surface area (Å²) in [4.78, 5) is 14.6. The molecule has 3 heteroatoms. The van der Waals surface area contributed by atoms with E-state index in [0.29, 0.717) is 5.56 Å². The maximum absolute atomic E-state index is 12.2. The maximum Gasteiger partial charge on any atom is 0.185 e. The fourth-order valence-corrected chi connectivity index (χ4v) is 2.84. The molecular formula is C20H21NO2. The number of ketones is 1. The van der Waals surface area contributed by atoms with Crippen LogP contribution in [0.5, 0.6) is 5.75 Å². The van der Waals surface area contributed by atoms with E-state index >= 15 is 0 Å². The van der Waals surface area contributed by atoms with E-state index in [1.54, 1.807) is 36.4 Å². The Kier molecular flexibility index (Phi) is 4.77. The number of benzene rings is 2. The molecule has 0 bridgehead atoms. The van der Waals surface area contributed by atoms with Crippen molar-refractivity contribution in [3.63, 3.8) is 0 Å². The van der Waals surface area contributed by atoms with Gasteiger partial charge in [0.05, 0.1) is 0 Å². The number of hydrogen-bond acceptors (Lipinski definition) is 3. The predicted octanol–water partition coefficient (Wildman–Crippen LogP) is 4.28. The number of phenolic OH excluding ortho intramolecular Hbond substituents is 1. The van der Waals surface area contributed by atoms with Crippen LogP contribution in [0, 0.1) is 0 Å². The highest BCUT2D eigenvalue weighted by atomic mass is 16.3. The molecule has 0 unspecified atom stereocenters. The van der Waals surface area contributed by atoms with Crippen LogP contribution in [-0.2, 0) is 0 Å². The minimum atomic E-state index is -0.0109. The summed E-state index contributed by atoms with van der Waals surface area (Å²) in [6.07, 6.45) is 7.14. The van der Waals surface area contributed by atoms with Crippen molar-refractivity contribution in [2.24, 2.45) is 0 Å². The number of carbonyl (C=O) groups is 1. The van der Waals surface area contributed by atoms with E-state index in [4.69, 9.17) is 0 Å². The summed E-state index contributed by atoms with van der Waals surface area (Å²) < 4.78 is 0. The first kappa shape index (κ1) is 15.3. The van der Waals surface area contributed by atoms with Gasteiger partial charge in [0.2, 0.25) is 0 Å². The molecule has 0 radical (unpaired) electrons. The zero-order valence-electron chi connectivity index (χ0n) is 13.1. The Balaban J connectivity index is 1.66. The minimum Gasteiger partial charge on any atom is -0.508 e. The Labute approximate surface area is 136 Å². The van der Waals surface area contributed by atoms with E-state index in [1.165, 1.54) is 24.9 Å². The first-order chi connectivity index (χ1) is 11.2. The molecule has 3 rings (SSSR count). The molecule has 0 saturated carbocycles. The van der Waals surface area contributed by atoms with Gasteiger partial charge in [0.15, 0.2) is 5.78 Å². The van der Waals surface area contributed by atoms with E-state index in [1.807, 2.05) is 24.3 Å². The maximum atomic E-state index is 12.2. The third-order valence-electron chi connectivity index (χ3n) is 4.19. The van der Waals surface area contributed by atoms with E-state index in [2.05, 4.69) is 4.90 Å².